The van der Waals surface area contributed by atoms with Crippen LogP contribution in [0.2, 0.25) is 0 Å². The smallest absolute Gasteiger partial charge is 0.324 e. The monoisotopic (exact) mass is 352 g/mol. The normalized spacial score (nSPS) is 13.8. The van der Waals surface area contributed by atoms with Gasteiger partial charge in [0.15, 0.2) is 0 Å². The van der Waals surface area contributed by atoms with Crippen LogP contribution in [-0.2, 0) is 24.3 Å². The van der Waals surface area contributed by atoms with Crippen molar-refractivity contribution < 1.29 is 4.79 Å². The molecule has 3 aromatic rings. The maximum atomic E-state index is 12.4. The summed E-state index contributed by atoms with van der Waals surface area (Å²) in [7, 11) is 0. The Morgan fingerprint density at radius 2 is 2.00 bits per heavy atom. The maximum absolute atomic E-state index is 12.4. The highest BCUT2D eigenvalue weighted by molar-refractivity contribution is 5.90. The molecular weight excluding hydrogens is 332 g/mol. The number of fused-ring (bicyclic) bond motifs is 1. The number of nitrogens with one attached hydrogen (secondary N) is 1. The number of aryl methyl sites for hydroxylation is 1. The van der Waals surface area contributed by atoms with Crippen molar-refractivity contribution in [2.24, 2.45) is 0 Å². The molecular formula is C18H20N6O2. The van der Waals surface area contributed by atoms with Crippen molar-refractivity contribution >= 4 is 11.6 Å². The molecule has 1 amide bonds. The number of benzene rings is 1. The Hall–Kier alpha value is -3.16. The first-order valence-corrected chi connectivity index (χ1v) is 8.75. The van der Waals surface area contributed by atoms with Crippen LogP contribution in [0.3, 0.4) is 0 Å². The fourth-order valence-corrected chi connectivity index (χ4v) is 3.19. The molecule has 1 aliphatic rings. The van der Waals surface area contributed by atoms with Crippen LogP contribution in [0, 0.1) is 0 Å². The van der Waals surface area contributed by atoms with Crippen LogP contribution >= 0.6 is 0 Å². The third kappa shape index (κ3) is 3.30. The van der Waals surface area contributed by atoms with Gasteiger partial charge in [0.2, 0.25) is 5.91 Å². The largest absolute Gasteiger partial charge is 0.346 e. The predicted molar refractivity (Wildman–Crippen MR) is 96.2 cm³/mol. The lowest BCUT2D eigenvalue weighted by Gasteiger charge is -2.07. The molecule has 0 saturated carbocycles. The zero-order valence-electron chi connectivity index (χ0n) is 14.3. The molecule has 26 heavy (non-hydrogen) atoms. The van der Waals surface area contributed by atoms with Gasteiger partial charge in [-0.15, -0.1) is 0 Å². The number of anilines is 1. The van der Waals surface area contributed by atoms with Gasteiger partial charge in [-0.2, -0.15) is 5.10 Å². The molecule has 3 heterocycles. The van der Waals surface area contributed by atoms with E-state index < -0.39 is 0 Å². The summed E-state index contributed by atoms with van der Waals surface area (Å²) in [4.78, 5) is 28.7. The second kappa shape index (κ2) is 6.99. The molecule has 8 nitrogen and oxygen atoms in total. The molecule has 0 aliphatic carbocycles. The minimum Gasteiger partial charge on any atom is -0.324 e. The Kier molecular flexibility index (Phi) is 4.39. The summed E-state index contributed by atoms with van der Waals surface area (Å²) < 4.78 is 4.83. The number of imidazole rings is 1. The average Bonchev–Trinajstić information content (AvgIpc) is 3.19. The van der Waals surface area contributed by atoms with Crippen LogP contribution in [0.15, 0.2) is 47.8 Å². The number of amides is 1. The van der Waals surface area contributed by atoms with Crippen molar-refractivity contribution in [3.05, 3.63) is 59.3 Å². The van der Waals surface area contributed by atoms with Crippen molar-refractivity contribution in [3.8, 4) is 5.69 Å². The Morgan fingerprint density at radius 1 is 1.15 bits per heavy atom. The van der Waals surface area contributed by atoms with E-state index in [1.54, 1.807) is 17.1 Å². The second-order valence-electron chi connectivity index (χ2n) is 6.38. The average molecular weight is 352 g/mol. The Labute approximate surface area is 150 Å². The van der Waals surface area contributed by atoms with E-state index in [4.69, 9.17) is 0 Å². The van der Waals surface area contributed by atoms with Crippen LogP contribution in [0.1, 0.15) is 25.1 Å². The molecule has 2 aromatic heterocycles. The molecule has 1 aromatic carbocycles. The van der Waals surface area contributed by atoms with E-state index in [0.717, 1.165) is 37.2 Å². The van der Waals surface area contributed by atoms with Crippen LogP contribution in [0.4, 0.5) is 5.69 Å². The lowest BCUT2D eigenvalue weighted by Crippen LogP contribution is -2.30. The molecule has 0 spiro atoms. The van der Waals surface area contributed by atoms with Crippen molar-refractivity contribution in [1.29, 1.82) is 0 Å². The highest BCUT2D eigenvalue weighted by Crippen LogP contribution is 2.13. The van der Waals surface area contributed by atoms with E-state index in [9.17, 15) is 9.59 Å². The van der Waals surface area contributed by atoms with Crippen LogP contribution < -0.4 is 11.0 Å². The molecule has 0 unspecified atom stereocenters. The minimum absolute atomic E-state index is 0.0812. The molecule has 1 N–H and O–H groups in total. The van der Waals surface area contributed by atoms with E-state index in [0.29, 0.717) is 12.2 Å². The van der Waals surface area contributed by atoms with Crippen molar-refractivity contribution in [2.45, 2.75) is 38.8 Å². The lowest BCUT2D eigenvalue weighted by atomic mass is 10.2. The van der Waals surface area contributed by atoms with Gasteiger partial charge in [0, 0.05) is 36.7 Å². The summed E-state index contributed by atoms with van der Waals surface area (Å²) in [6.45, 7) is 0.605. The zero-order chi connectivity index (χ0) is 17.9. The third-order valence-electron chi connectivity index (χ3n) is 4.53. The number of nitrogens with zero attached hydrogens (tertiary/aromatic N) is 5. The van der Waals surface area contributed by atoms with E-state index in [-0.39, 0.29) is 18.1 Å². The number of rotatable bonds is 4. The van der Waals surface area contributed by atoms with Gasteiger partial charge in [0.25, 0.3) is 0 Å². The summed E-state index contributed by atoms with van der Waals surface area (Å²) in [5, 5.41) is 7.15. The fourth-order valence-electron chi connectivity index (χ4n) is 3.19. The zero-order valence-corrected chi connectivity index (χ0v) is 14.3. The molecule has 1 aliphatic heterocycles. The van der Waals surface area contributed by atoms with Gasteiger partial charge >= 0.3 is 5.69 Å². The van der Waals surface area contributed by atoms with Gasteiger partial charge in [0.05, 0.1) is 6.33 Å². The first-order chi connectivity index (χ1) is 12.7. The summed E-state index contributed by atoms with van der Waals surface area (Å²) in [5.41, 5.74) is 1.43. The summed E-state index contributed by atoms with van der Waals surface area (Å²) in [5.74, 6) is 0.515. The van der Waals surface area contributed by atoms with E-state index in [1.807, 2.05) is 35.0 Å². The number of hydrogen-bond acceptors (Lipinski definition) is 4. The summed E-state index contributed by atoms with van der Waals surface area (Å²) in [6, 6.07) is 7.42. The number of aromatic nitrogens is 5. The topological polar surface area (TPSA) is 86.7 Å². The van der Waals surface area contributed by atoms with Crippen molar-refractivity contribution in [2.75, 3.05) is 5.32 Å². The van der Waals surface area contributed by atoms with E-state index in [1.165, 1.54) is 4.68 Å². The van der Waals surface area contributed by atoms with Gasteiger partial charge in [0.1, 0.15) is 12.4 Å². The standard InChI is InChI=1S/C18H20N6O2/c25-17(12-24-18(26)23-10-3-1-2-4-16(23)21-24)20-14-5-7-15(8-6-14)22-11-9-19-13-22/h5-9,11,13H,1-4,10,12H2,(H,20,25). The second-order valence-corrected chi connectivity index (χ2v) is 6.38. The molecule has 8 heteroatoms. The third-order valence-corrected chi connectivity index (χ3v) is 4.53. The molecule has 0 saturated heterocycles. The molecule has 134 valence electrons. The van der Waals surface area contributed by atoms with Gasteiger partial charge in [-0.1, -0.05) is 6.42 Å². The molecule has 4 rings (SSSR count). The van der Waals surface area contributed by atoms with Gasteiger partial charge < -0.3 is 9.88 Å². The SMILES string of the molecule is O=C(Cn1nc2n(c1=O)CCCCC2)Nc1ccc(-n2ccnc2)cc1. The van der Waals surface area contributed by atoms with Crippen LogP contribution in [0.5, 0.6) is 0 Å². The first-order valence-electron chi connectivity index (χ1n) is 8.75. The summed E-state index contributed by atoms with van der Waals surface area (Å²) >= 11 is 0. The Morgan fingerprint density at radius 3 is 2.77 bits per heavy atom. The molecule has 0 bridgehead atoms. The maximum Gasteiger partial charge on any atom is 0.346 e. The first kappa shape index (κ1) is 16.3. The highest BCUT2D eigenvalue weighted by Gasteiger charge is 2.17. The molecule has 0 radical (unpaired) electrons. The Bertz CT molecular complexity index is 953. The van der Waals surface area contributed by atoms with Gasteiger partial charge in [-0.25, -0.2) is 14.5 Å². The lowest BCUT2D eigenvalue weighted by molar-refractivity contribution is -0.117. The molecule has 0 atom stereocenters. The minimum atomic E-state index is -0.268. The van der Waals surface area contributed by atoms with Crippen molar-refractivity contribution in [3.63, 3.8) is 0 Å². The number of carbonyl (C=O) groups is 1. The van der Waals surface area contributed by atoms with Crippen LogP contribution in [-0.4, -0.2) is 29.8 Å². The summed E-state index contributed by atoms with van der Waals surface area (Å²) in [6.07, 6.45) is 9.18. The van der Waals surface area contributed by atoms with Crippen LogP contribution in [0.25, 0.3) is 5.69 Å². The number of hydrogen-bond donors (Lipinski definition) is 1. The van der Waals surface area contributed by atoms with Crippen molar-refractivity contribution in [1.82, 2.24) is 23.9 Å². The van der Waals surface area contributed by atoms with Gasteiger partial charge in [-0.05, 0) is 37.1 Å². The Balaban J connectivity index is 1.44. The fraction of sp³-hybridized carbons (Fsp3) is 0.333. The van der Waals surface area contributed by atoms with Gasteiger partial charge in [-0.3, -0.25) is 9.36 Å². The molecule has 0 fully saturated rings. The van der Waals surface area contributed by atoms with E-state index in [2.05, 4.69) is 15.4 Å². The quantitative estimate of drug-likeness (QED) is 0.773. The highest BCUT2D eigenvalue weighted by atomic mass is 16.2. The van der Waals surface area contributed by atoms with E-state index >= 15 is 0 Å². The predicted octanol–water partition coefficient (Wildman–Crippen LogP) is 1.60. The number of carbonyl (C=O) groups excluding carboxylic acids is 1.